The van der Waals surface area contributed by atoms with Crippen LogP contribution in [0.4, 0.5) is 5.00 Å². The van der Waals surface area contributed by atoms with Gasteiger partial charge in [0.15, 0.2) is 0 Å². The number of nitrogens with zero attached hydrogens (tertiary/aromatic N) is 1. The summed E-state index contributed by atoms with van der Waals surface area (Å²) in [5.41, 5.74) is 1.72. The van der Waals surface area contributed by atoms with E-state index >= 15 is 0 Å². The SMILES string of the molecule is Cc1nsc(NCCc2ccc(Cl)cc2Cl)c1C(=O)O. The molecule has 0 atom stereocenters. The number of aryl methyl sites for hydroxylation is 1. The van der Waals surface area contributed by atoms with Crippen LogP contribution in [0.1, 0.15) is 21.6 Å². The van der Waals surface area contributed by atoms with Crippen molar-refractivity contribution in [2.75, 3.05) is 11.9 Å². The molecule has 0 radical (unpaired) electrons. The average molecular weight is 331 g/mol. The van der Waals surface area contributed by atoms with Gasteiger partial charge in [0.25, 0.3) is 0 Å². The molecule has 0 saturated carbocycles. The molecule has 0 aliphatic carbocycles. The van der Waals surface area contributed by atoms with Crippen LogP contribution in [0, 0.1) is 6.92 Å². The molecule has 4 nitrogen and oxygen atoms in total. The summed E-state index contributed by atoms with van der Waals surface area (Å²) in [5.74, 6) is -0.969. The van der Waals surface area contributed by atoms with Gasteiger partial charge in [-0.05, 0) is 42.6 Å². The zero-order valence-electron chi connectivity index (χ0n) is 10.6. The molecule has 106 valence electrons. The van der Waals surface area contributed by atoms with Crippen LogP contribution in [0.5, 0.6) is 0 Å². The molecule has 0 saturated heterocycles. The number of aromatic nitrogens is 1. The minimum atomic E-state index is -0.969. The van der Waals surface area contributed by atoms with Crippen LogP contribution < -0.4 is 5.32 Å². The van der Waals surface area contributed by atoms with Crippen molar-refractivity contribution >= 4 is 45.7 Å². The van der Waals surface area contributed by atoms with Gasteiger partial charge in [-0.2, -0.15) is 4.37 Å². The van der Waals surface area contributed by atoms with Gasteiger partial charge in [0, 0.05) is 16.6 Å². The number of nitrogens with one attached hydrogen (secondary N) is 1. The zero-order valence-corrected chi connectivity index (χ0v) is 12.9. The monoisotopic (exact) mass is 330 g/mol. The Morgan fingerprint density at radius 1 is 1.45 bits per heavy atom. The number of carboxylic acids is 1. The number of hydrogen-bond donors (Lipinski definition) is 2. The summed E-state index contributed by atoms with van der Waals surface area (Å²) in [4.78, 5) is 11.1. The summed E-state index contributed by atoms with van der Waals surface area (Å²) in [6.45, 7) is 2.25. The second-order valence-electron chi connectivity index (χ2n) is 4.19. The lowest BCUT2D eigenvalue weighted by molar-refractivity contribution is 0.0697. The molecule has 0 bridgehead atoms. The van der Waals surface area contributed by atoms with E-state index in [2.05, 4.69) is 9.69 Å². The van der Waals surface area contributed by atoms with Gasteiger partial charge in [-0.25, -0.2) is 4.79 Å². The van der Waals surface area contributed by atoms with E-state index in [1.165, 1.54) is 0 Å². The minimum absolute atomic E-state index is 0.234. The van der Waals surface area contributed by atoms with Gasteiger partial charge in [0.1, 0.15) is 10.6 Å². The Kier molecular flexibility index (Phi) is 4.86. The number of carbonyl (C=O) groups is 1. The maximum Gasteiger partial charge on any atom is 0.340 e. The Labute approximate surface area is 130 Å². The maximum atomic E-state index is 11.1. The number of halogens is 2. The van der Waals surface area contributed by atoms with Crippen LogP contribution in [-0.4, -0.2) is 22.0 Å². The lowest BCUT2D eigenvalue weighted by atomic mass is 10.1. The van der Waals surface area contributed by atoms with Crippen molar-refractivity contribution in [3.8, 4) is 0 Å². The lowest BCUT2D eigenvalue weighted by Gasteiger charge is -2.07. The zero-order chi connectivity index (χ0) is 14.7. The third-order valence-corrected chi connectivity index (χ3v) is 4.25. The summed E-state index contributed by atoms with van der Waals surface area (Å²) in [6.07, 6.45) is 0.673. The summed E-state index contributed by atoms with van der Waals surface area (Å²) in [7, 11) is 0. The van der Waals surface area contributed by atoms with Gasteiger partial charge in [0.2, 0.25) is 0 Å². The fourth-order valence-corrected chi connectivity index (χ4v) is 3.09. The largest absolute Gasteiger partial charge is 0.478 e. The van der Waals surface area contributed by atoms with Crippen molar-refractivity contribution in [1.29, 1.82) is 0 Å². The fourth-order valence-electron chi connectivity index (χ4n) is 1.78. The molecule has 2 aromatic rings. The van der Waals surface area contributed by atoms with Crippen LogP contribution in [0.15, 0.2) is 18.2 Å². The highest BCUT2D eigenvalue weighted by atomic mass is 35.5. The van der Waals surface area contributed by atoms with Crippen LogP contribution in [0.2, 0.25) is 10.0 Å². The summed E-state index contributed by atoms with van der Waals surface area (Å²) in [5, 5.41) is 14.0. The summed E-state index contributed by atoms with van der Waals surface area (Å²) >= 11 is 13.1. The van der Waals surface area contributed by atoms with E-state index < -0.39 is 5.97 Å². The van der Waals surface area contributed by atoms with Crippen LogP contribution in [0.25, 0.3) is 0 Å². The second-order valence-corrected chi connectivity index (χ2v) is 5.81. The molecule has 7 heteroatoms. The van der Waals surface area contributed by atoms with Crippen molar-refractivity contribution in [3.63, 3.8) is 0 Å². The van der Waals surface area contributed by atoms with Gasteiger partial charge in [-0.15, -0.1) is 0 Å². The number of rotatable bonds is 5. The molecule has 0 unspecified atom stereocenters. The van der Waals surface area contributed by atoms with Crippen molar-refractivity contribution in [3.05, 3.63) is 45.1 Å². The fraction of sp³-hybridized carbons (Fsp3) is 0.231. The third-order valence-electron chi connectivity index (χ3n) is 2.77. The Bertz CT molecular complexity index is 643. The van der Waals surface area contributed by atoms with Crippen LogP contribution in [-0.2, 0) is 6.42 Å². The van der Waals surface area contributed by atoms with E-state index in [4.69, 9.17) is 28.3 Å². The first-order valence-corrected chi connectivity index (χ1v) is 7.39. The maximum absolute atomic E-state index is 11.1. The van der Waals surface area contributed by atoms with Crippen LogP contribution in [0.3, 0.4) is 0 Å². The molecular formula is C13H12Cl2N2O2S. The molecule has 1 heterocycles. The van der Waals surface area contributed by atoms with E-state index in [0.29, 0.717) is 33.7 Å². The smallest absolute Gasteiger partial charge is 0.340 e. The lowest BCUT2D eigenvalue weighted by Crippen LogP contribution is -2.08. The normalized spacial score (nSPS) is 10.6. The van der Waals surface area contributed by atoms with E-state index in [1.54, 1.807) is 19.1 Å². The van der Waals surface area contributed by atoms with Gasteiger partial charge >= 0.3 is 5.97 Å². The molecule has 0 spiro atoms. The van der Waals surface area contributed by atoms with Crippen LogP contribution >= 0.6 is 34.7 Å². The molecule has 1 aromatic heterocycles. The van der Waals surface area contributed by atoms with E-state index in [-0.39, 0.29) is 5.56 Å². The highest BCUT2D eigenvalue weighted by Gasteiger charge is 2.16. The molecule has 2 N–H and O–H groups in total. The van der Waals surface area contributed by atoms with Crippen molar-refractivity contribution in [1.82, 2.24) is 4.37 Å². The molecule has 1 aromatic carbocycles. The summed E-state index contributed by atoms with van der Waals surface area (Å²) < 4.78 is 4.05. The van der Waals surface area contributed by atoms with Gasteiger partial charge < -0.3 is 10.4 Å². The van der Waals surface area contributed by atoms with Crippen molar-refractivity contribution in [2.24, 2.45) is 0 Å². The van der Waals surface area contributed by atoms with E-state index in [9.17, 15) is 4.79 Å². The topological polar surface area (TPSA) is 62.2 Å². The molecule has 0 aliphatic rings. The number of carboxylic acid groups (broad SMARTS) is 1. The highest BCUT2D eigenvalue weighted by Crippen LogP contribution is 2.25. The van der Waals surface area contributed by atoms with Gasteiger partial charge in [-0.1, -0.05) is 29.3 Å². The van der Waals surface area contributed by atoms with E-state index in [0.717, 1.165) is 17.1 Å². The number of aromatic carboxylic acids is 1. The number of benzene rings is 1. The first kappa shape index (κ1) is 15.1. The Balaban J connectivity index is 2.01. The Hall–Kier alpha value is -1.30. The molecule has 0 fully saturated rings. The third kappa shape index (κ3) is 3.42. The first-order valence-electron chi connectivity index (χ1n) is 5.86. The highest BCUT2D eigenvalue weighted by molar-refractivity contribution is 7.10. The predicted octanol–water partition coefficient (Wildman–Crippen LogP) is 4.11. The Morgan fingerprint density at radius 3 is 2.85 bits per heavy atom. The van der Waals surface area contributed by atoms with E-state index in [1.807, 2.05) is 6.07 Å². The Morgan fingerprint density at radius 2 is 2.20 bits per heavy atom. The predicted molar refractivity (Wildman–Crippen MR) is 82.5 cm³/mol. The molecule has 0 aliphatic heterocycles. The number of hydrogen-bond acceptors (Lipinski definition) is 4. The van der Waals surface area contributed by atoms with Gasteiger partial charge in [-0.3, -0.25) is 0 Å². The van der Waals surface area contributed by atoms with Gasteiger partial charge in [0.05, 0.1) is 5.69 Å². The average Bonchev–Trinajstić information content (AvgIpc) is 2.73. The summed E-state index contributed by atoms with van der Waals surface area (Å²) in [6, 6.07) is 5.34. The first-order chi connectivity index (χ1) is 9.49. The van der Waals surface area contributed by atoms with Crippen molar-refractivity contribution < 1.29 is 9.90 Å². The quantitative estimate of drug-likeness (QED) is 0.865. The number of anilines is 1. The molecule has 2 rings (SSSR count). The van der Waals surface area contributed by atoms with Crippen molar-refractivity contribution in [2.45, 2.75) is 13.3 Å². The minimum Gasteiger partial charge on any atom is -0.478 e. The molecular weight excluding hydrogens is 319 g/mol. The second kappa shape index (κ2) is 6.43. The standard InChI is InChI=1S/C13H12Cl2N2O2S/c1-7-11(13(18)19)12(20-17-7)16-5-4-8-2-3-9(14)6-10(8)15/h2-3,6,16H,4-5H2,1H3,(H,18,19). The molecule has 0 amide bonds. The molecule has 20 heavy (non-hydrogen) atoms.